The molecule has 0 aliphatic heterocycles. The minimum atomic E-state index is 0.173. The molecule has 0 saturated heterocycles. The molecule has 2 aromatic heterocycles. The first-order chi connectivity index (χ1) is 14.6. The third-order valence-corrected chi connectivity index (χ3v) is 8.01. The lowest BCUT2D eigenvalue weighted by molar-refractivity contribution is -0.120. The molecule has 1 N–H and O–H groups in total. The number of hydrogen-bond donors (Lipinski definition) is 1. The molecule has 1 saturated carbocycles. The minimum Gasteiger partial charge on any atom is -0.326 e. The Labute approximate surface area is 187 Å². The Balaban J connectivity index is 1.44. The molecule has 6 heteroatoms. The van der Waals surface area contributed by atoms with Crippen LogP contribution >= 0.6 is 22.7 Å². The fourth-order valence-electron chi connectivity index (χ4n) is 4.39. The zero-order valence-electron chi connectivity index (χ0n) is 17.9. The summed E-state index contributed by atoms with van der Waals surface area (Å²) in [6.07, 6.45) is 9.83. The van der Waals surface area contributed by atoms with Crippen LogP contribution in [-0.4, -0.2) is 29.4 Å². The van der Waals surface area contributed by atoms with Crippen molar-refractivity contribution in [1.82, 2.24) is 9.88 Å². The Hall–Kier alpha value is -1.76. The molecular weight excluding hydrogens is 410 g/mol. The summed E-state index contributed by atoms with van der Waals surface area (Å²) in [4.78, 5) is 20.9. The van der Waals surface area contributed by atoms with Crippen molar-refractivity contribution in [3.63, 3.8) is 0 Å². The zero-order chi connectivity index (χ0) is 20.9. The first-order valence-electron chi connectivity index (χ1n) is 11.0. The average Bonchev–Trinajstić information content (AvgIpc) is 3.23. The van der Waals surface area contributed by atoms with E-state index in [0.717, 1.165) is 43.0 Å². The Kier molecular flexibility index (Phi) is 7.18. The molecule has 0 atom stereocenters. The molecule has 1 aliphatic carbocycles. The van der Waals surface area contributed by atoms with E-state index >= 15 is 0 Å². The van der Waals surface area contributed by atoms with Crippen LogP contribution in [0, 0.1) is 12.8 Å². The number of thiophene rings is 1. The highest BCUT2D eigenvalue weighted by molar-refractivity contribution is 7.19. The minimum absolute atomic E-state index is 0.173. The van der Waals surface area contributed by atoms with E-state index in [4.69, 9.17) is 0 Å². The van der Waals surface area contributed by atoms with Gasteiger partial charge in [-0.25, -0.2) is 4.98 Å². The molecule has 0 unspecified atom stereocenters. The lowest BCUT2D eigenvalue weighted by Crippen LogP contribution is -2.22. The average molecular weight is 442 g/mol. The molecule has 2 heterocycles. The quantitative estimate of drug-likeness (QED) is 0.441. The molecule has 1 aromatic carbocycles. The van der Waals surface area contributed by atoms with Crippen LogP contribution in [0.2, 0.25) is 0 Å². The number of nitrogens with one attached hydrogen (secondary N) is 1. The van der Waals surface area contributed by atoms with Gasteiger partial charge in [0.05, 0.1) is 6.54 Å². The van der Waals surface area contributed by atoms with Gasteiger partial charge in [-0.15, -0.1) is 22.7 Å². The molecule has 1 amide bonds. The van der Waals surface area contributed by atoms with E-state index in [1.165, 1.54) is 46.2 Å². The van der Waals surface area contributed by atoms with Crippen molar-refractivity contribution in [1.29, 1.82) is 0 Å². The van der Waals surface area contributed by atoms with Crippen molar-refractivity contribution in [2.24, 2.45) is 5.92 Å². The first kappa shape index (κ1) is 21.5. The summed E-state index contributed by atoms with van der Waals surface area (Å²) in [6, 6.07) is 6.41. The molecule has 3 aromatic rings. The number of carbonyl (C=O) groups excluding carboxylic acids is 1. The number of thiazole rings is 1. The molecule has 160 valence electrons. The maximum atomic E-state index is 12.8. The second kappa shape index (κ2) is 10.0. The van der Waals surface area contributed by atoms with Crippen molar-refractivity contribution in [3.8, 4) is 0 Å². The van der Waals surface area contributed by atoms with E-state index in [1.807, 2.05) is 22.9 Å². The van der Waals surface area contributed by atoms with E-state index in [1.54, 1.807) is 11.3 Å². The van der Waals surface area contributed by atoms with Gasteiger partial charge in [0.1, 0.15) is 5.01 Å². The Morgan fingerprint density at radius 1 is 1.23 bits per heavy atom. The fourth-order valence-corrected chi connectivity index (χ4v) is 6.18. The van der Waals surface area contributed by atoms with E-state index < -0.39 is 0 Å². The number of hydrogen-bond acceptors (Lipinski definition) is 5. The van der Waals surface area contributed by atoms with Crippen molar-refractivity contribution >= 4 is 44.4 Å². The van der Waals surface area contributed by atoms with Crippen LogP contribution in [0.3, 0.4) is 0 Å². The monoisotopic (exact) mass is 441 g/mol. The lowest BCUT2D eigenvalue weighted by Gasteiger charge is -2.16. The summed E-state index contributed by atoms with van der Waals surface area (Å²) in [6.45, 7) is 4.09. The Morgan fingerprint density at radius 3 is 2.77 bits per heavy atom. The topological polar surface area (TPSA) is 45.2 Å². The molecule has 30 heavy (non-hydrogen) atoms. The summed E-state index contributed by atoms with van der Waals surface area (Å²) >= 11 is 3.56. The van der Waals surface area contributed by atoms with Gasteiger partial charge in [-0.3, -0.25) is 9.69 Å². The van der Waals surface area contributed by atoms with Crippen LogP contribution in [-0.2, 0) is 17.8 Å². The summed E-state index contributed by atoms with van der Waals surface area (Å²) in [5.41, 5.74) is 2.35. The van der Waals surface area contributed by atoms with Crippen LogP contribution in [0.25, 0.3) is 10.1 Å². The largest absolute Gasteiger partial charge is 0.326 e. The number of benzene rings is 1. The summed E-state index contributed by atoms with van der Waals surface area (Å²) in [5, 5.41) is 7.69. The number of carbonyl (C=O) groups is 1. The smallest absolute Gasteiger partial charge is 0.227 e. The van der Waals surface area contributed by atoms with Crippen LogP contribution in [0.5, 0.6) is 0 Å². The highest BCUT2D eigenvalue weighted by atomic mass is 32.1. The van der Waals surface area contributed by atoms with Gasteiger partial charge >= 0.3 is 0 Å². The molecule has 4 rings (SSSR count). The first-order valence-corrected chi connectivity index (χ1v) is 12.7. The number of aryl methyl sites for hydroxylation is 1. The highest BCUT2D eigenvalue weighted by Crippen LogP contribution is 2.34. The van der Waals surface area contributed by atoms with Crippen molar-refractivity contribution in [2.75, 3.05) is 18.9 Å². The van der Waals surface area contributed by atoms with Gasteiger partial charge in [-0.05, 0) is 62.4 Å². The Bertz CT molecular complexity index is 972. The standard InChI is InChI=1S/C24H31N3OS2/c1-17-20(11-13-27(2)16-23-25-12-14-29-23)21-15-19(9-10-22(21)30-17)26-24(28)18-7-5-3-4-6-8-18/h9-10,12,14-15,18H,3-8,11,13,16H2,1-2H3,(H,26,28). The number of rotatable bonds is 7. The van der Waals surface area contributed by atoms with E-state index in [9.17, 15) is 4.79 Å². The molecule has 0 bridgehead atoms. The van der Waals surface area contributed by atoms with Gasteiger partial charge in [0.15, 0.2) is 0 Å². The number of likely N-dealkylation sites (N-methyl/N-ethyl adjacent to an activating group) is 1. The van der Waals surface area contributed by atoms with Crippen molar-refractivity contribution in [2.45, 2.75) is 58.4 Å². The number of fused-ring (bicyclic) bond motifs is 1. The number of amides is 1. The van der Waals surface area contributed by atoms with Crippen LogP contribution < -0.4 is 5.32 Å². The highest BCUT2D eigenvalue weighted by Gasteiger charge is 2.20. The number of nitrogens with zero attached hydrogens (tertiary/aromatic N) is 2. The number of aromatic nitrogens is 1. The molecule has 0 radical (unpaired) electrons. The molecule has 1 fully saturated rings. The third-order valence-electron chi connectivity index (χ3n) is 6.12. The van der Waals surface area contributed by atoms with Crippen LogP contribution in [0.1, 0.15) is 54.0 Å². The van der Waals surface area contributed by atoms with Gasteiger partial charge in [0, 0.05) is 39.3 Å². The zero-order valence-corrected chi connectivity index (χ0v) is 19.6. The van der Waals surface area contributed by atoms with Gasteiger partial charge < -0.3 is 5.32 Å². The Morgan fingerprint density at radius 2 is 2.03 bits per heavy atom. The van der Waals surface area contributed by atoms with Crippen LogP contribution in [0.4, 0.5) is 5.69 Å². The van der Waals surface area contributed by atoms with E-state index in [-0.39, 0.29) is 11.8 Å². The summed E-state index contributed by atoms with van der Waals surface area (Å²) < 4.78 is 1.30. The van der Waals surface area contributed by atoms with Gasteiger partial charge in [0.25, 0.3) is 0 Å². The maximum absolute atomic E-state index is 12.8. The summed E-state index contributed by atoms with van der Waals surface area (Å²) in [7, 11) is 2.16. The molecule has 1 aliphatic rings. The second-order valence-corrected chi connectivity index (χ2v) is 10.7. The van der Waals surface area contributed by atoms with E-state index in [0.29, 0.717) is 0 Å². The molecular formula is C24H31N3OS2. The molecule has 0 spiro atoms. The van der Waals surface area contributed by atoms with E-state index in [2.05, 4.69) is 47.4 Å². The fraction of sp³-hybridized carbons (Fsp3) is 0.500. The van der Waals surface area contributed by atoms with Gasteiger partial charge in [0.2, 0.25) is 5.91 Å². The predicted octanol–water partition coefficient (Wildman–Crippen LogP) is 6.25. The third kappa shape index (κ3) is 5.29. The SMILES string of the molecule is Cc1sc2ccc(NC(=O)C3CCCCCC3)cc2c1CCN(C)Cc1nccs1. The lowest BCUT2D eigenvalue weighted by atomic mass is 9.99. The van der Waals surface area contributed by atoms with Gasteiger partial charge in [-0.1, -0.05) is 25.7 Å². The second-order valence-electron chi connectivity index (χ2n) is 8.44. The van der Waals surface area contributed by atoms with Crippen molar-refractivity contribution in [3.05, 3.63) is 45.2 Å². The predicted molar refractivity (Wildman–Crippen MR) is 129 cm³/mol. The van der Waals surface area contributed by atoms with Crippen molar-refractivity contribution < 1.29 is 4.79 Å². The number of anilines is 1. The summed E-state index contributed by atoms with van der Waals surface area (Å²) in [5.74, 6) is 0.374. The van der Waals surface area contributed by atoms with Gasteiger partial charge in [-0.2, -0.15) is 0 Å². The molecule has 4 nitrogen and oxygen atoms in total. The van der Waals surface area contributed by atoms with Crippen LogP contribution in [0.15, 0.2) is 29.8 Å². The normalized spacial score (nSPS) is 15.6. The maximum Gasteiger partial charge on any atom is 0.227 e.